The van der Waals surface area contributed by atoms with Crippen molar-refractivity contribution in [2.45, 2.75) is 13.5 Å². The van der Waals surface area contributed by atoms with E-state index in [1.807, 2.05) is 60.0 Å². The Hall–Kier alpha value is -2.99. The first-order chi connectivity index (χ1) is 12.2. The number of aromatic nitrogens is 3. The van der Waals surface area contributed by atoms with E-state index in [2.05, 4.69) is 15.3 Å². The fraction of sp³-hybridized carbons (Fsp3) is 0.105. The SMILES string of the molecule is Cc1ccc(NC(=O)Cn2c(-c3cncs3)nc3ccccc32)cc1. The Kier molecular flexibility index (Phi) is 4.03. The lowest BCUT2D eigenvalue weighted by Gasteiger charge is -2.09. The first-order valence-corrected chi connectivity index (χ1v) is 8.79. The molecule has 5 nitrogen and oxygen atoms in total. The molecule has 2 aromatic carbocycles. The Balaban J connectivity index is 1.67. The van der Waals surface area contributed by atoms with E-state index in [1.54, 1.807) is 11.7 Å². The van der Waals surface area contributed by atoms with E-state index in [0.29, 0.717) is 0 Å². The molecule has 25 heavy (non-hydrogen) atoms. The molecule has 0 aliphatic carbocycles. The average Bonchev–Trinajstić information content (AvgIpc) is 3.25. The van der Waals surface area contributed by atoms with Crippen LogP contribution in [0.2, 0.25) is 0 Å². The van der Waals surface area contributed by atoms with Crippen molar-refractivity contribution >= 4 is 34.0 Å². The van der Waals surface area contributed by atoms with Gasteiger partial charge >= 0.3 is 0 Å². The number of hydrogen-bond donors (Lipinski definition) is 1. The Morgan fingerprint density at radius 1 is 1.16 bits per heavy atom. The summed E-state index contributed by atoms with van der Waals surface area (Å²) in [7, 11) is 0. The third-order valence-corrected chi connectivity index (χ3v) is 4.71. The Bertz CT molecular complexity index is 1020. The molecule has 0 fully saturated rings. The summed E-state index contributed by atoms with van der Waals surface area (Å²) in [6.45, 7) is 2.21. The number of rotatable bonds is 4. The summed E-state index contributed by atoms with van der Waals surface area (Å²) >= 11 is 1.51. The van der Waals surface area contributed by atoms with Crippen LogP contribution in [0, 0.1) is 6.92 Å². The minimum Gasteiger partial charge on any atom is -0.325 e. The van der Waals surface area contributed by atoms with Gasteiger partial charge in [0.1, 0.15) is 6.54 Å². The summed E-state index contributed by atoms with van der Waals surface area (Å²) < 4.78 is 1.94. The van der Waals surface area contributed by atoms with E-state index in [9.17, 15) is 4.79 Å². The fourth-order valence-corrected chi connectivity index (χ4v) is 3.35. The molecule has 0 spiro atoms. The van der Waals surface area contributed by atoms with Gasteiger partial charge in [-0.3, -0.25) is 9.78 Å². The zero-order valence-electron chi connectivity index (χ0n) is 13.6. The number of hydrogen-bond acceptors (Lipinski definition) is 4. The van der Waals surface area contributed by atoms with Crippen LogP contribution in [0.1, 0.15) is 5.56 Å². The Labute approximate surface area is 149 Å². The van der Waals surface area contributed by atoms with Crippen molar-refractivity contribution in [3.05, 3.63) is 65.8 Å². The van der Waals surface area contributed by atoms with Crippen LogP contribution in [-0.4, -0.2) is 20.4 Å². The zero-order chi connectivity index (χ0) is 17.2. The number of benzene rings is 2. The summed E-state index contributed by atoms with van der Waals surface area (Å²) in [5.41, 5.74) is 5.52. The van der Waals surface area contributed by atoms with Gasteiger partial charge in [0.2, 0.25) is 5.91 Å². The molecule has 2 heterocycles. The molecule has 0 unspecified atom stereocenters. The van der Waals surface area contributed by atoms with E-state index in [-0.39, 0.29) is 12.5 Å². The van der Waals surface area contributed by atoms with Gasteiger partial charge in [0.15, 0.2) is 5.82 Å². The van der Waals surface area contributed by atoms with Gasteiger partial charge in [-0.25, -0.2) is 4.98 Å². The van der Waals surface area contributed by atoms with Gasteiger partial charge < -0.3 is 9.88 Å². The van der Waals surface area contributed by atoms with Gasteiger partial charge in [-0.05, 0) is 31.2 Å². The van der Waals surface area contributed by atoms with Crippen LogP contribution in [0.4, 0.5) is 5.69 Å². The number of nitrogens with zero attached hydrogens (tertiary/aromatic N) is 3. The summed E-state index contributed by atoms with van der Waals surface area (Å²) in [6.07, 6.45) is 1.78. The Morgan fingerprint density at radius 2 is 1.96 bits per heavy atom. The van der Waals surface area contributed by atoms with Crippen molar-refractivity contribution in [3.63, 3.8) is 0 Å². The van der Waals surface area contributed by atoms with Crippen LogP contribution in [0.5, 0.6) is 0 Å². The molecule has 0 saturated carbocycles. The smallest absolute Gasteiger partial charge is 0.244 e. The lowest BCUT2D eigenvalue weighted by molar-refractivity contribution is -0.116. The molecule has 4 rings (SSSR count). The second-order valence-electron chi connectivity index (χ2n) is 5.79. The lowest BCUT2D eigenvalue weighted by Crippen LogP contribution is -2.19. The molecule has 1 amide bonds. The minimum absolute atomic E-state index is 0.0854. The van der Waals surface area contributed by atoms with Crippen LogP contribution in [0.25, 0.3) is 21.7 Å². The van der Waals surface area contributed by atoms with Gasteiger partial charge in [0, 0.05) is 11.9 Å². The highest BCUT2D eigenvalue weighted by atomic mass is 32.1. The topological polar surface area (TPSA) is 59.8 Å². The maximum absolute atomic E-state index is 12.6. The molecule has 0 aliphatic rings. The van der Waals surface area contributed by atoms with E-state index in [0.717, 1.165) is 33.0 Å². The highest BCUT2D eigenvalue weighted by Gasteiger charge is 2.16. The molecule has 1 N–H and O–H groups in total. The largest absolute Gasteiger partial charge is 0.325 e. The number of nitrogens with one attached hydrogen (secondary N) is 1. The molecular formula is C19H16N4OS. The standard InChI is InChI=1S/C19H16N4OS/c1-13-6-8-14(9-7-13)21-18(24)11-23-16-5-3-2-4-15(16)22-19(23)17-10-20-12-25-17/h2-10,12H,11H2,1H3,(H,21,24). The molecular weight excluding hydrogens is 332 g/mol. The highest BCUT2D eigenvalue weighted by molar-refractivity contribution is 7.13. The van der Waals surface area contributed by atoms with Gasteiger partial charge in [-0.2, -0.15) is 0 Å². The number of anilines is 1. The number of carbonyl (C=O) groups excluding carboxylic acids is 1. The number of carbonyl (C=O) groups is 1. The van der Waals surface area contributed by atoms with E-state index >= 15 is 0 Å². The number of amides is 1. The number of fused-ring (bicyclic) bond motifs is 1. The molecule has 6 heteroatoms. The third kappa shape index (κ3) is 3.16. The van der Waals surface area contributed by atoms with E-state index < -0.39 is 0 Å². The van der Waals surface area contributed by atoms with Crippen LogP contribution < -0.4 is 5.32 Å². The second-order valence-corrected chi connectivity index (χ2v) is 6.68. The van der Waals surface area contributed by atoms with Crippen LogP contribution in [-0.2, 0) is 11.3 Å². The zero-order valence-corrected chi connectivity index (χ0v) is 14.5. The second kappa shape index (κ2) is 6.49. The fourth-order valence-electron chi connectivity index (χ4n) is 2.73. The first-order valence-electron chi connectivity index (χ1n) is 7.91. The van der Waals surface area contributed by atoms with Gasteiger partial charge in [-0.1, -0.05) is 29.8 Å². The van der Waals surface area contributed by atoms with Crippen LogP contribution in [0.15, 0.2) is 60.2 Å². The van der Waals surface area contributed by atoms with Crippen molar-refractivity contribution in [2.24, 2.45) is 0 Å². The van der Waals surface area contributed by atoms with E-state index in [1.165, 1.54) is 11.3 Å². The lowest BCUT2D eigenvalue weighted by atomic mass is 10.2. The summed E-state index contributed by atoms with van der Waals surface area (Å²) in [6, 6.07) is 15.6. The van der Waals surface area contributed by atoms with Crippen molar-refractivity contribution in [1.29, 1.82) is 0 Å². The summed E-state index contributed by atoms with van der Waals surface area (Å²) in [5.74, 6) is 0.681. The summed E-state index contributed by atoms with van der Waals surface area (Å²) in [5, 5.41) is 2.94. The number of imidazole rings is 1. The summed E-state index contributed by atoms with van der Waals surface area (Å²) in [4.78, 5) is 22.3. The number of aryl methyl sites for hydroxylation is 1. The molecule has 4 aromatic rings. The predicted octanol–water partition coefficient (Wildman–Crippen LogP) is 4.11. The number of thiazole rings is 1. The normalized spacial score (nSPS) is 10.9. The molecule has 0 bridgehead atoms. The predicted molar refractivity (Wildman–Crippen MR) is 101 cm³/mol. The quantitative estimate of drug-likeness (QED) is 0.604. The van der Waals surface area contributed by atoms with Gasteiger partial charge in [0.05, 0.1) is 21.4 Å². The average molecular weight is 348 g/mol. The molecule has 124 valence electrons. The highest BCUT2D eigenvalue weighted by Crippen LogP contribution is 2.27. The molecule has 0 atom stereocenters. The maximum atomic E-state index is 12.6. The monoisotopic (exact) mass is 348 g/mol. The Morgan fingerprint density at radius 3 is 2.72 bits per heavy atom. The third-order valence-electron chi connectivity index (χ3n) is 3.94. The maximum Gasteiger partial charge on any atom is 0.244 e. The van der Waals surface area contributed by atoms with E-state index in [4.69, 9.17) is 0 Å². The number of para-hydroxylation sites is 2. The minimum atomic E-state index is -0.0854. The molecule has 0 aliphatic heterocycles. The van der Waals surface area contributed by atoms with Crippen molar-refractivity contribution in [1.82, 2.24) is 14.5 Å². The first kappa shape index (κ1) is 15.5. The molecule has 0 radical (unpaired) electrons. The van der Waals surface area contributed by atoms with Crippen LogP contribution >= 0.6 is 11.3 Å². The van der Waals surface area contributed by atoms with Gasteiger partial charge in [-0.15, -0.1) is 11.3 Å². The van der Waals surface area contributed by atoms with Crippen LogP contribution in [0.3, 0.4) is 0 Å². The van der Waals surface area contributed by atoms with Crippen molar-refractivity contribution < 1.29 is 4.79 Å². The van der Waals surface area contributed by atoms with Crippen molar-refractivity contribution in [2.75, 3.05) is 5.32 Å². The molecule has 2 aromatic heterocycles. The molecule has 0 saturated heterocycles. The van der Waals surface area contributed by atoms with Gasteiger partial charge in [0.25, 0.3) is 0 Å². The van der Waals surface area contributed by atoms with Crippen molar-refractivity contribution in [3.8, 4) is 10.7 Å².